The van der Waals surface area contributed by atoms with Crippen molar-refractivity contribution in [3.8, 4) is 0 Å². The molecule has 0 spiro atoms. The second kappa shape index (κ2) is 8.53. The number of hydrogen-bond donors (Lipinski definition) is 3. The van der Waals surface area contributed by atoms with E-state index in [9.17, 15) is 0 Å². The van der Waals surface area contributed by atoms with E-state index in [1.807, 2.05) is 36.5 Å². The van der Waals surface area contributed by atoms with Crippen LogP contribution in [0.5, 0.6) is 0 Å². The topological polar surface area (TPSA) is 101 Å². The number of benzene rings is 1. The van der Waals surface area contributed by atoms with Gasteiger partial charge in [0, 0.05) is 49.5 Å². The molecule has 0 unspecified atom stereocenters. The first-order valence-electron chi connectivity index (χ1n) is 9.23. The summed E-state index contributed by atoms with van der Waals surface area (Å²) in [7, 11) is 0. The van der Waals surface area contributed by atoms with Crippen molar-refractivity contribution in [1.29, 1.82) is 0 Å². The highest BCUT2D eigenvalue weighted by Crippen LogP contribution is 2.22. The van der Waals surface area contributed by atoms with Crippen molar-refractivity contribution in [2.75, 3.05) is 47.6 Å². The van der Waals surface area contributed by atoms with E-state index in [1.165, 1.54) is 5.69 Å². The summed E-state index contributed by atoms with van der Waals surface area (Å²) in [6, 6.07) is 14.0. The second-order valence-corrected chi connectivity index (χ2v) is 6.48. The first kappa shape index (κ1) is 18.0. The molecule has 1 aliphatic heterocycles. The van der Waals surface area contributed by atoms with E-state index in [2.05, 4.69) is 42.6 Å². The quantitative estimate of drug-likeness (QED) is 0.603. The largest absolute Gasteiger partial charge is 0.378 e. The van der Waals surface area contributed by atoms with Gasteiger partial charge in [-0.25, -0.2) is 0 Å². The highest BCUT2D eigenvalue weighted by Gasteiger charge is 2.11. The third-order valence-corrected chi connectivity index (χ3v) is 4.46. The number of nitrogens with zero attached hydrogens (tertiary/aromatic N) is 4. The maximum absolute atomic E-state index is 5.87. The number of ether oxygens (including phenoxy) is 1. The van der Waals surface area contributed by atoms with Crippen LogP contribution >= 0.6 is 0 Å². The van der Waals surface area contributed by atoms with Gasteiger partial charge in [-0.2, -0.15) is 9.97 Å². The molecule has 1 fully saturated rings. The molecule has 144 valence electrons. The van der Waals surface area contributed by atoms with Gasteiger partial charge in [-0.3, -0.25) is 4.98 Å². The molecule has 4 N–H and O–H groups in total. The molecule has 3 aromatic rings. The first-order chi connectivity index (χ1) is 13.8. The third kappa shape index (κ3) is 4.66. The van der Waals surface area contributed by atoms with Crippen LogP contribution in [0.25, 0.3) is 0 Å². The Labute approximate surface area is 163 Å². The minimum atomic E-state index is 0.212. The van der Waals surface area contributed by atoms with E-state index < -0.39 is 0 Å². The average molecular weight is 377 g/mol. The SMILES string of the molecule is Nc1nc(NCc2cccnc2)cc(Nc2ccc(N3CCOCC3)cc2)n1. The normalized spacial score (nSPS) is 13.9. The fraction of sp³-hybridized carbons (Fsp3) is 0.250. The van der Waals surface area contributed by atoms with Gasteiger partial charge in [-0.15, -0.1) is 0 Å². The van der Waals surface area contributed by atoms with Gasteiger partial charge in [0.25, 0.3) is 0 Å². The molecule has 0 atom stereocenters. The summed E-state index contributed by atoms with van der Waals surface area (Å²) in [4.78, 5) is 14.9. The lowest BCUT2D eigenvalue weighted by Crippen LogP contribution is -2.36. The molecule has 2 aromatic heterocycles. The van der Waals surface area contributed by atoms with Gasteiger partial charge < -0.3 is 26.0 Å². The van der Waals surface area contributed by atoms with Crippen LogP contribution in [0.15, 0.2) is 54.9 Å². The Balaban J connectivity index is 1.41. The van der Waals surface area contributed by atoms with Crippen LogP contribution in [0.4, 0.5) is 29.0 Å². The Bertz CT molecular complexity index is 896. The summed E-state index contributed by atoms with van der Waals surface area (Å²) in [5, 5.41) is 6.54. The molecule has 0 amide bonds. The minimum Gasteiger partial charge on any atom is -0.378 e. The Kier molecular flexibility index (Phi) is 5.48. The fourth-order valence-electron chi connectivity index (χ4n) is 3.04. The van der Waals surface area contributed by atoms with E-state index in [0.717, 1.165) is 37.6 Å². The van der Waals surface area contributed by atoms with Crippen molar-refractivity contribution in [3.63, 3.8) is 0 Å². The molecule has 0 radical (unpaired) electrons. The zero-order chi connectivity index (χ0) is 19.2. The van der Waals surface area contributed by atoms with Gasteiger partial charge in [0.05, 0.1) is 13.2 Å². The van der Waals surface area contributed by atoms with Crippen molar-refractivity contribution in [2.24, 2.45) is 0 Å². The van der Waals surface area contributed by atoms with Gasteiger partial charge in [-0.05, 0) is 35.9 Å². The zero-order valence-corrected chi connectivity index (χ0v) is 15.5. The third-order valence-electron chi connectivity index (χ3n) is 4.46. The van der Waals surface area contributed by atoms with E-state index in [4.69, 9.17) is 10.5 Å². The zero-order valence-electron chi connectivity index (χ0n) is 15.5. The molecule has 8 nitrogen and oxygen atoms in total. The number of nitrogens with two attached hydrogens (primary N) is 1. The highest BCUT2D eigenvalue weighted by atomic mass is 16.5. The van der Waals surface area contributed by atoms with Gasteiger partial charge in [0.15, 0.2) is 0 Å². The summed E-state index contributed by atoms with van der Waals surface area (Å²) in [5.41, 5.74) is 9.06. The number of morpholine rings is 1. The molecule has 0 bridgehead atoms. The van der Waals surface area contributed by atoms with Crippen LogP contribution in [0, 0.1) is 0 Å². The first-order valence-corrected chi connectivity index (χ1v) is 9.23. The maximum atomic E-state index is 5.87. The van der Waals surface area contributed by atoms with Crippen LogP contribution in [-0.4, -0.2) is 41.3 Å². The van der Waals surface area contributed by atoms with Crippen molar-refractivity contribution >= 4 is 29.0 Å². The monoisotopic (exact) mass is 377 g/mol. The van der Waals surface area contributed by atoms with Crippen LogP contribution < -0.4 is 21.3 Å². The van der Waals surface area contributed by atoms with Crippen molar-refractivity contribution in [2.45, 2.75) is 6.54 Å². The Hall–Kier alpha value is -3.39. The van der Waals surface area contributed by atoms with Gasteiger partial charge in [0.1, 0.15) is 11.6 Å². The number of nitrogen functional groups attached to an aromatic ring is 1. The predicted molar refractivity (Wildman–Crippen MR) is 111 cm³/mol. The molecular formula is C20H23N7O. The summed E-state index contributed by atoms with van der Waals surface area (Å²) >= 11 is 0. The molecule has 1 aliphatic rings. The smallest absolute Gasteiger partial charge is 0.223 e. The lowest BCUT2D eigenvalue weighted by Gasteiger charge is -2.28. The molecule has 4 rings (SSSR count). The maximum Gasteiger partial charge on any atom is 0.223 e. The van der Waals surface area contributed by atoms with Crippen molar-refractivity contribution < 1.29 is 4.74 Å². The second-order valence-electron chi connectivity index (χ2n) is 6.48. The summed E-state index contributed by atoms with van der Waals surface area (Å²) < 4.78 is 5.40. The number of rotatable bonds is 6. The van der Waals surface area contributed by atoms with Gasteiger partial charge in [0.2, 0.25) is 5.95 Å². The van der Waals surface area contributed by atoms with Crippen molar-refractivity contribution in [3.05, 3.63) is 60.4 Å². The molecule has 8 heteroatoms. The summed E-state index contributed by atoms with van der Waals surface area (Å²) in [6.45, 7) is 3.99. The molecule has 1 saturated heterocycles. The molecule has 0 saturated carbocycles. The standard InChI is InChI=1S/C20H23N7O/c21-20-25-18(23-14-15-2-1-7-22-13-15)12-19(26-20)24-16-3-5-17(6-4-16)27-8-10-28-11-9-27/h1-7,12-13H,8-11,14H2,(H4,21,23,24,25,26). The fourth-order valence-corrected chi connectivity index (χ4v) is 3.04. The number of nitrogens with one attached hydrogen (secondary N) is 2. The average Bonchev–Trinajstić information content (AvgIpc) is 2.74. The number of pyridine rings is 1. The van der Waals surface area contributed by atoms with Crippen molar-refractivity contribution in [1.82, 2.24) is 15.0 Å². The number of hydrogen-bond acceptors (Lipinski definition) is 8. The Morgan fingerprint density at radius 3 is 2.57 bits per heavy atom. The molecule has 28 heavy (non-hydrogen) atoms. The van der Waals surface area contributed by atoms with E-state index >= 15 is 0 Å². The molecule has 1 aromatic carbocycles. The van der Waals surface area contributed by atoms with Crippen LogP contribution in [0.1, 0.15) is 5.56 Å². The van der Waals surface area contributed by atoms with E-state index in [1.54, 1.807) is 6.20 Å². The highest BCUT2D eigenvalue weighted by molar-refractivity contribution is 5.63. The molecular weight excluding hydrogens is 354 g/mol. The summed E-state index contributed by atoms with van der Waals surface area (Å²) in [5.74, 6) is 1.51. The molecule has 3 heterocycles. The van der Waals surface area contributed by atoms with E-state index in [-0.39, 0.29) is 5.95 Å². The predicted octanol–water partition coefficient (Wildman–Crippen LogP) is 2.65. The number of aromatic nitrogens is 3. The molecule has 0 aliphatic carbocycles. The Morgan fingerprint density at radius 2 is 1.82 bits per heavy atom. The van der Waals surface area contributed by atoms with Crippen LogP contribution in [0.3, 0.4) is 0 Å². The van der Waals surface area contributed by atoms with E-state index in [0.29, 0.717) is 18.2 Å². The van der Waals surface area contributed by atoms with Crippen LogP contribution in [-0.2, 0) is 11.3 Å². The lowest BCUT2D eigenvalue weighted by molar-refractivity contribution is 0.122. The van der Waals surface area contributed by atoms with Crippen LogP contribution in [0.2, 0.25) is 0 Å². The van der Waals surface area contributed by atoms with Gasteiger partial charge in [-0.1, -0.05) is 6.07 Å². The summed E-state index contributed by atoms with van der Waals surface area (Å²) in [6.07, 6.45) is 3.56. The Morgan fingerprint density at radius 1 is 1.04 bits per heavy atom. The number of anilines is 5. The minimum absolute atomic E-state index is 0.212. The van der Waals surface area contributed by atoms with Gasteiger partial charge >= 0.3 is 0 Å². The lowest BCUT2D eigenvalue weighted by atomic mass is 10.2.